The van der Waals surface area contributed by atoms with E-state index >= 15 is 0 Å². The lowest BCUT2D eigenvalue weighted by Crippen LogP contribution is -1.99. The van der Waals surface area contributed by atoms with Crippen LogP contribution in [0.2, 0.25) is 0 Å². The predicted octanol–water partition coefficient (Wildman–Crippen LogP) is 2.29. The first kappa shape index (κ1) is 11.2. The van der Waals surface area contributed by atoms with Gasteiger partial charge in [0.25, 0.3) is 0 Å². The lowest BCUT2D eigenvalue weighted by Gasteiger charge is -2.04. The van der Waals surface area contributed by atoms with E-state index in [1.165, 1.54) is 11.5 Å². The van der Waals surface area contributed by atoms with E-state index in [9.17, 15) is 0 Å². The molecule has 1 aromatic carbocycles. The van der Waals surface area contributed by atoms with E-state index in [0.29, 0.717) is 6.61 Å². The summed E-state index contributed by atoms with van der Waals surface area (Å²) in [6, 6.07) is 7.39. The zero-order valence-electron chi connectivity index (χ0n) is 8.50. The highest BCUT2D eigenvalue weighted by Gasteiger charge is 1.98. The molecule has 0 aliphatic heterocycles. The number of anilines is 1. The minimum absolute atomic E-state index is 0.647. The van der Waals surface area contributed by atoms with Crippen LogP contribution < -0.4 is 10.5 Å². The Hall–Kier alpha value is -1.27. The lowest BCUT2D eigenvalue weighted by atomic mass is 10.3. The molecule has 2 aromatic rings. The van der Waals surface area contributed by atoms with E-state index in [-0.39, 0.29) is 0 Å². The van der Waals surface area contributed by atoms with Gasteiger partial charge in [0.15, 0.2) is 4.34 Å². The first-order valence-electron chi connectivity index (χ1n) is 4.72. The Morgan fingerprint density at radius 2 is 2.12 bits per heavy atom. The number of rotatable bonds is 5. The second-order valence-electron chi connectivity index (χ2n) is 2.97. The van der Waals surface area contributed by atoms with Crippen LogP contribution >= 0.6 is 23.3 Å². The number of aromatic nitrogens is 2. The maximum Gasteiger partial charge on any atom is 0.169 e. The maximum atomic E-state index is 5.57. The van der Waals surface area contributed by atoms with E-state index in [4.69, 9.17) is 10.5 Å². The molecule has 0 saturated heterocycles. The Kier molecular flexibility index (Phi) is 4.01. The molecular weight excluding hydrogens is 242 g/mol. The van der Waals surface area contributed by atoms with Crippen molar-refractivity contribution in [3.8, 4) is 5.75 Å². The highest BCUT2D eigenvalue weighted by Crippen LogP contribution is 2.18. The van der Waals surface area contributed by atoms with Gasteiger partial charge in [-0.15, -0.1) is 0 Å². The average molecular weight is 253 g/mol. The summed E-state index contributed by atoms with van der Waals surface area (Å²) in [6.07, 6.45) is 1.56. The molecule has 2 N–H and O–H groups in total. The number of nitrogen functional groups attached to an aromatic ring is 1. The van der Waals surface area contributed by atoms with Crippen molar-refractivity contribution >= 4 is 29.0 Å². The van der Waals surface area contributed by atoms with Gasteiger partial charge in [0.2, 0.25) is 0 Å². The number of nitrogens with zero attached hydrogens (tertiary/aromatic N) is 2. The molecule has 0 aliphatic carbocycles. The third-order valence-corrected chi connectivity index (χ3v) is 3.56. The van der Waals surface area contributed by atoms with Gasteiger partial charge in [0, 0.05) is 11.4 Å². The standard InChI is InChI=1S/C10H11N3OS2/c11-8-1-3-9(4-2-8)14-5-6-15-10-12-7-13-16-10/h1-4,7H,5-6,11H2. The van der Waals surface area contributed by atoms with Crippen LogP contribution in [0, 0.1) is 0 Å². The molecule has 0 aliphatic rings. The third kappa shape index (κ3) is 3.39. The molecule has 0 amide bonds. The Morgan fingerprint density at radius 3 is 2.81 bits per heavy atom. The monoisotopic (exact) mass is 253 g/mol. The van der Waals surface area contributed by atoms with Crippen LogP contribution in [0.1, 0.15) is 0 Å². The van der Waals surface area contributed by atoms with Crippen molar-refractivity contribution in [3.05, 3.63) is 30.6 Å². The highest BCUT2D eigenvalue weighted by molar-refractivity contribution is 8.00. The van der Waals surface area contributed by atoms with Gasteiger partial charge in [-0.25, -0.2) is 4.98 Å². The van der Waals surface area contributed by atoms with Gasteiger partial charge in [-0.1, -0.05) is 11.8 Å². The first-order valence-corrected chi connectivity index (χ1v) is 6.48. The van der Waals surface area contributed by atoms with E-state index in [1.807, 2.05) is 24.3 Å². The molecule has 1 aromatic heterocycles. The fourth-order valence-electron chi connectivity index (χ4n) is 1.08. The van der Waals surface area contributed by atoms with Crippen molar-refractivity contribution in [2.45, 2.75) is 4.34 Å². The molecule has 2 rings (SSSR count). The topological polar surface area (TPSA) is 61.0 Å². The van der Waals surface area contributed by atoms with Gasteiger partial charge in [-0.3, -0.25) is 0 Å². The first-order chi connectivity index (χ1) is 7.84. The number of benzene rings is 1. The van der Waals surface area contributed by atoms with E-state index < -0.39 is 0 Å². The quantitative estimate of drug-likeness (QED) is 0.503. The van der Waals surface area contributed by atoms with E-state index in [0.717, 1.165) is 21.5 Å². The molecule has 6 heteroatoms. The van der Waals surface area contributed by atoms with Gasteiger partial charge in [0.05, 0.1) is 6.61 Å². The van der Waals surface area contributed by atoms with Crippen LogP contribution in [0.15, 0.2) is 34.9 Å². The average Bonchev–Trinajstić information content (AvgIpc) is 2.80. The van der Waals surface area contributed by atoms with Gasteiger partial charge in [0.1, 0.15) is 12.1 Å². The molecule has 0 saturated carbocycles. The molecule has 4 nitrogen and oxygen atoms in total. The Bertz CT molecular complexity index is 416. The van der Waals surface area contributed by atoms with Crippen molar-refractivity contribution in [2.75, 3.05) is 18.1 Å². The van der Waals surface area contributed by atoms with Gasteiger partial charge >= 0.3 is 0 Å². The molecular formula is C10H11N3OS2. The number of thioether (sulfide) groups is 1. The Balaban J connectivity index is 1.70. The summed E-state index contributed by atoms with van der Waals surface area (Å²) in [5.74, 6) is 1.70. The minimum Gasteiger partial charge on any atom is -0.493 e. The van der Waals surface area contributed by atoms with Crippen molar-refractivity contribution in [2.24, 2.45) is 0 Å². The molecule has 0 atom stereocenters. The van der Waals surface area contributed by atoms with Gasteiger partial charge in [-0.2, -0.15) is 4.37 Å². The largest absolute Gasteiger partial charge is 0.493 e. The highest BCUT2D eigenvalue weighted by atomic mass is 32.2. The summed E-state index contributed by atoms with van der Waals surface area (Å²) < 4.78 is 10.4. The van der Waals surface area contributed by atoms with Crippen LogP contribution in [0.4, 0.5) is 5.69 Å². The molecule has 0 unspecified atom stereocenters. The van der Waals surface area contributed by atoms with Crippen molar-refractivity contribution in [1.82, 2.24) is 9.36 Å². The summed E-state index contributed by atoms with van der Waals surface area (Å²) in [7, 11) is 0. The second kappa shape index (κ2) is 5.72. The fourth-order valence-corrected chi connectivity index (χ4v) is 2.41. The molecule has 0 bridgehead atoms. The summed E-state index contributed by atoms with van der Waals surface area (Å²) in [6.45, 7) is 0.647. The second-order valence-corrected chi connectivity index (χ2v) is 5.10. The molecule has 1 heterocycles. The smallest absolute Gasteiger partial charge is 0.169 e. The molecule has 0 radical (unpaired) electrons. The summed E-state index contributed by atoms with van der Waals surface area (Å²) >= 11 is 3.05. The van der Waals surface area contributed by atoms with Crippen LogP contribution in [0.25, 0.3) is 0 Å². The lowest BCUT2D eigenvalue weighted by molar-refractivity contribution is 0.344. The normalized spacial score (nSPS) is 10.2. The van der Waals surface area contributed by atoms with E-state index in [1.54, 1.807) is 18.1 Å². The van der Waals surface area contributed by atoms with Crippen molar-refractivity contribution < 1.29 is 4.74 Å². The number of hydrogen-bond acceptors (Lipinski definition) is 6. The van der Waals surface area contributed by atoms with Crippen LogP contribution in [-0.4, -0.2) is 21.7 Å². The zero-order chi connectivity index (χ0) is 11.2. The SMILES string of the molecule is Nc1ccc(OCCSc2ncns2)cc1. The van der Waals surface area contributed by atoms with Crippen molar-refractivity contribution in [3.63, 3.8) is 0 Å². The van der Waals surface area contributed by atoms with Gasteiger partial charge in [-0.05, 0) is 35.8 Å². The molecule has 16 heavy (non-hydrogen) atoms. The minimum atomic E-state index is 0.647. The predicted molar refractivity (Wildman–Crippen MR) is 67.0 cm³/mol. The van der Waals surface area contributed by atoms with Crippen molar-refractivity contribution in [1.29, 1.82) is 0 Å². The zero-order valence-corrected chi connectivity index (χ0v) is 10.1. The molecule has 84 valence electrons. The molecule has 0 spiro atoms. The molecule has 0 fully saturated rings. The van der Waals surface area contributed by atoms with Crippen LogP contribution in [-0.2, 0) is 0 Å². The number of ether oxygens (including phenoxy) is 1. The van der Waals surface area contributed by atoms with E-state index in [2.05, 4.69) is 9.36 Å². The fraction of sp³-hybridized carbons (Fsp3) is 0.200. The third-order valence-electron chi connectivity index (χ3n) is 1.80. The van der Waals surface area contributed by atoms with Crippen LogP contribution in [0.5, 0.6) is 5.75 Å². The summed E-state index contributed by atoms with van der Waals surface area (Å²) in [5, 5.41) is 0. The maximum absolute atomic E-state index is 5.57. The summed E-state index contributed by atoms with van der Waals surface area (Å²) in [4.78, 5) is 4.07. The number of nitrogens with two attached hydrogens (primary N) is 1. The van der Waals surface area contributed by atoms with Crippen LogP contribution in [0.3, 0.4) is 0 Å². The Labute approximate surface area is 102 Å². The summed E-state index contributed by atoms with van der Waals surface area (Å²) in [5.41, 5.74) is 6.32. The number of hydrogen-bond donors (Lipinski definition) is 1. The Morgan fingerprint density at radius 1 is 1.31 bits per heavy atom. The van der Waals surface area contributed by atoms with Gasteiger partial charge < -0.3 is 10.5 Å².